The first kappa shape index (κ1) is 24.1. The molecule has 0 saturated carbocycles. The zero-order valence-corrected chi connectivity index (χ0v) is 18.8. The van der Waals surface area contributed by atoms with E-state index in [1.54, 1.807) is 24.5 Å². The molecule has 2 aromatic rings. The average molecular weight is 460 g/mol. The molecule has 3 atom stereocenters. The normalized spacial score (nSPS) is 18.7. The van der Waals surface area contributed by atoms with Gasteiger partial charge in [-0.1, -0.05) is 32.6 Å². The lowest BCUT2D eigenvalue weighted by atomic mass is 10.1. The maximum absolute atomic E-state index is 13.6. The zero-order chi connectivity index (χ0) is 23.8. The number of imidazole rings is 1. The van der Waals surface area contributed by atoms with E-state index >= 15 is 0 Å². The monoisotopic (exact) mass is 459 g/mol. The summed E-state index contributed by atoms with van der Waals surface area (Å²) in [5.41, 5.74) is 0. The van der Waals surface area contributed by atoms with Crippen molar-refractivity contribution in [2.75, 3.05) is 13.7 Å². The summed E-state index contributed by atoms with van der Waals surface area (Å²) >= 11 is 0. The van der Waals surface area contributed by atoms with Gasteiger partial charge >= 0.3 is 11.8 Å². The second-order valence-corrected chi connectivity index (χ2v) is 8.00. The number of pyridine rings is 1. The number of aromatic nitrogens is 3. The van der Waals surface area contributed by atoms with Crippen LogP contribution in [-0.2, 0) is 14.3 Å². The SMILES string of the molecule is CCCCCCC(C(=O)N1CC(Oc2cccnc2)C[C@H]1C(=O)OC)n1cnc([N+](=O)[O-])c1. The molecule has 0 aliphatic carbocycles. The molecule has 0 aromatic carbocycles. The largest absolute Gasteiger partial charge is 0.487 e. The molecule has 0 radical (unpaired) electrons. The van der Waals surface area contributed by atoms with Gasteiger partial charge in [0.2, 0.25) is 12.2 Å². The van der Waals surface area contributed by atoms with Crippen LogP contribution in [0.1, 0.15) is 51.5 Å². The highest BCUT2D eigenvalue weighted by molar-refractivity contribution is 5.87. The van der Waals surface area contributed by atoms with Gasteiger partial charge in [0.05, 0.1) is 19.9 Å². The van der Waals surface area contributed by atoms with Gasteiger partial charge < -0.3 is 24.5 Å². The molecule has 178 valence electrons. The Morgan fingerprint density at radius 1 is 1.33 bits per heavy atom. The molecule has 0 bridgehead atoms. The highest BCUT2D eigenvalue weighted by Crippen LogP contribution is 2.29. The summed E-state index contributed by atoms with van der Waals surface area (Å²) in [6.45, 7) is 2.28. The molecule has 1 saturated heterocycles. The van der Waals surface area contributed by atoms with Crippen LogP contribution in [0.5, 0.6) is 5.75 Å². The van der Waals surface area contributed by atoms with Gasteiger partial charge in [0.25, 0.3) is 0 Å². The second kappa shape index (κ2) is 11.4. The van der Waals surface area contributed by atoms with Crippen LogP contribution in [0.4, 0.5) is 5.82 Å². The van der Waals surface area contributed by atoms with Crippen molar-refractivity contribution in [3.8, 4) is 5.75 Å². The summed E-state index contributed by atoms with van der Waals surface area (Å²) in [5.74, 6) is -0.625. The number of hydrogen-bond acceptors (Lipinski definition) is 8. The van der Waals surface area contributed by atoms with E-state index in [0.29, 0.717) is 12.2 Å². The van der Waals surface area contributed by atoms with E-state index in [9.17, 15) is 19.7 Å². The summed E-state index contributed by atoms with van der Waals surface area (Å²) in [5, 5.41) is 11.1. The van der Waals surface area contributed by atoms with Crippen molar-refractivity contribution in [1.29, 1.82) is 0 Å². The van der Waals surface area contributed by atoms with Crippen molar-refractivity contribution in [3.63, 3.8) is 0 Å². The van der Waals surface area contributed by atoms with Gasteiger partial charge in [-0.25, -0.2) is 4.79 Å². The van der Waals surface area contributed by atoms with Crippen LogP contribution in [0.3, 0.4) is 0 Å². The number of likely N-dealkylation sites (tertiary alicyclic amines) is 1. The summed E-state index contributed by atoms with van der Waals surface area (Å²) < 4.78 is 12.3. The Bertz CT molecular complexity index is 950. The third-order valence-electron chi connectivity index (χ3n) is 5.71. The Morgan fingerprint density at radius 2 is 2.15 bits per heavy atom. The minimum absolute atomic E-state index is 0.190. The van der Waals surface area contributed by atoms with Crippen LogP contribution >= 0.6 is 0 Å². The first-order valence-corrected chi connectivity index (χ1v) is 11.1. The minimum atomic E-state index is -0.805. The van der Waals surface area contributed by atoms with E-state index in [4.69, 9.17) is 9.47 Å². The Hall–Kier alpha value is -3.50. The predicted octanol–water partition coefficient (Wildman–Crippen LogP) is 2.92. The maximum Gasteiger partial charge on any atom is 0.381 e. The summed E-state index contributed by atoms with van der Waals surface area (Å²) in [4.78, 5) is 45.9. The van der Waals surface area contributed by atoms with Crippen LogP contribution in [0.25, 0.3) is 0 Å². The number of ether oxygens (including phenoxy) is 2. The first-order valence-electron chi connectivity index (χ1n) is 11.1. The van der Waals surface area contributed by atoms with Gasteiger partial charge in [0.1, 0.15) is 30.1 Å². The molecule has 11 heteroatoms. The van der Waals surface area contributed by atoms with Gasteiger partial charge in [0.15, 0.2) is 0 Å². The van der Waals surface area contributed by atoms with Crippen LogP contribution in [-0.4, -0.2) is 62.0 Å². The first-order chi connectivity index (χ1) is 15.9. The second-order valence-electron chi connectivity index (χ2n) is 8.00. The number of rotatable bonds is 11. The zero-order valence-electron chi connectivity index (χ0n) is 18.8. The molecule has 1 fully saturated rings. The van der Waals surface area contributed by atoms with Crippen LogP contribution in [0.15, 0.2) is 37.1 Å². The lowest BCUT2D eigenvalue weighted by Crippen LogP contribution is -2.44. The van der Waals surface area contributed by atoms with E-state index < -0.39 is 29.1 Å². The molecule has 2 unspecified atom stereocenters. The number of methoxy groups -OCH3 is 1. The highest BCUT2D eigenvalue weighted by atomic mass is 16.6. The van der Waals surface area contributed by atoms with Gasteiger partial charge in [0, 0.05) is 12.6 Å². The van der Waals surface area contributed by atoms with Crippen molar-refractivity contribution < 1.29 is 24.0 Å². The molecular weight excluding hydrogens is 430 g/mol. The molecule has 3 rings (SSSR count). The molecule has 1 aliphatic heterocycles. The fraction of sp³-hybridized carbons (Fsp3) is 0.545. The van der Waals surface area contributed by atoms with E-state index in [-0.39, 0.29) is 24.7 Å². The third kappa shape index (κ3) is 6.05. The lowest BCUT2D eigenvalue weighted by Gasteiger charge is -2.27. The highest BCUT2D eigenvalue weighted by Gasteiger charge is 2.44. The number of nitro groups is 1. The number of carbonyl (C=O) groups is 2. The number of nitrogens with zero attached hydrogens (tertiary/aromatic N) is 5. The standard InChI is InChI=1S/C22H29N5O6/c1-3-4-5-6-9-18(25-14-20(24-15-25)27(30)31)21(28)26-13-17(11-19(26)22(29)32-2)33-16-8-7-10-23-12-16/h7-8,10,12,14-15,17-19H,3-6,9,11,13H2,1-2H3/t17?,18?,19-/m0/s1. The molecule has 0 spiro atoms. The van der Waals surface area contributed by atoms with Gasteiger partial charge in [-0.05, 0) is 28.5 Å². The Morgan fingerprint density at radius 3 is 2.79 bits per heavy atom. The number of carbonyl (C=O) groups excluding carboxylic acids is 2. The van der Waals surface area contributed by atoms with E-state index in [2.05, 4.69) is 16.9 Å². The summed E-state index contributed by atoms with van der Waals surface area (Å²) in [6, 6.07) is 1.97. The quantitative estimate of drug-likeness (QED) is 0.217. The average Bonchev–Trinajstić information content (AvgIpc) is 3.47. The van der Waals surface area contributed by atoms with Crippen molar-refractivity contribution in [1.82, 2.24) is 19.4 Å². The van der Waals surface area contributed by atoms with Gasteiger partial charge in [-0.2, -0.15) is 0 Å². The number of amides is 1. The van der Waals surface area contributed by atoms with Gasteiger partial charge in [-0.15, -0.1) is 0 Å². The molecule has 1 amide bonds. The van der Waals surface area contributed by atoms with Crippen LogP contribution in [0, 0.1) is 10.1 Å². The smallest absolute Gasteiger partial charge is 0.381 e. The van der Waals surface area contributed by atoms with E-state index in [1.807, 2.05) is 0 Å². The van der Waals surface area contributed by atoms with E-state index in [0.717, 1.165) is 25.7 Å². The Labute approximate surface area is 191 Å². The molecule has 1 aliphatic rings. The topological polar surface area (TPSA) is 130 Å². The van der Waals surface area contributed by atoms with Crippen molar-refractivity contribution in [2.24, 2.45) is 0 Å². The number of unbranched alkanes of at least 4 members (excludes halogenated alkanes) is 3. The maximum atomic E-state index is 13.6. The summed E-state index contributed by atoms with van der Waals surface area (Å²) in [7, 11) is 1.28. The van der Waals surface area contributed by atoms with Crippen molar-refractivity contribution in [3.05, 3.63) is 47.2 Å². The van der Waals surface area contributed by atoms with Gasteiger partial charge in [-0.3, -0.25) is 14.3 Å². The predicted molar refractivity (Wildman–Crippen MR) is 117 cm³/mol. The molecule has 0 N–H and O–H groups in total. The van der Waals surface area contributed by atoms with Crippen LogP contribution < -0.4 is 4.74 Å². The Balaban J connectivity index is 1.82. The molecule has 33 heavy (non-hydrogen) atoms. The Kier molecular flexibility index (Phi) is 8.34. The molecule has 2 aromatic heterocycles. The number of hydrogen-bond donors (Lipinski definition) is 0. The lowest BCUT2D eigenvalue weighted by molar-refractivity contribution is -0.389. The van der Waals surface area contributed by atoms with Crippen molar-refractivity contribution in [2.45, 2.75) is 63.6 Å². The fourth-order valence-corrected chi connectivity index (χ4v) is 4.04. The minimum Gasteiger partial charge on any atom is -0.487 e. The third-order valence-corrected chi connectivity index (χ3v) is 5.71. The van der Waals surface area contributed by atoms with E-state index in [1.165, 1.54) is 29.1 Å². The fourth-order valence-electron chi connectivity index (χ4n) is 4.04. The molecular formula is C22H29N5O6. The molecule has 11 nitrogen and oxygen atoms in total. The molecule has 3 heterocycles. The van der Waals surface area contributed by atoms with Crippen LogP contribution in [0.2, 0.25) is 0 Å². The van der Waals surface area contributed by atoms with Crippen molar-refractivity contribution >= 4 is 17.7 Å². The summed E-state index contributed by atoms with van der Waals surface area (Å²) in [6.07, 6.45) is 9.86. The number of esters is 1.